The van der Waals surface area contributed by atoms with E-state index in [0.717, 1.165) is 37.6 Å². The van der Waals surface area contributed by atoms with Gasteiger partial charge in [0.25, 0.3) is 5.56 Å². The van der Waals surface area contributed by atoms with E-state index < -0.39 is 0 Å². The van der Waals surface area contributed by atoms with E-state index >= 15 is 0 Å². The first-order valence-corrected chi connectivity index (χ1v) is 10.4. The average Bonchev–Trinajstić information content (AvgIpc) is 3.52. The highest BCUT2D eigenvalue weighted by atomic mass is 16.5. The molecule has 0 spiro atoms. The van der Waals surface area contributed by atoms with Crippen molar-refractivity contribution in [1.29, 1.82) is 0 Å². The van der Waals surface area contributed by atoms with Crippen molar-refractivity contribution in [3.8, 4) is 5.88 Å². The lowest BCUT2D eigenvalue weighted by molar-refractivity contribution is 0.195. The molecule has 10 heteroatoms. The summed E-state index contributed by atoms with van der Waals surface area (Å²) in [5.41, 5.74) is 0.248. The zero-order valence-electron chi connectivity index (χ0n) is 17.3. The molecule has 0 radical (unpaired) electrons. The number of piperidine rings is 1. The van der Waals surface area contributed by atoms with Gasteiger partial charge in [0.05, 0.1) is 13.7 Å². The maximum atomic E-state index is 12.2. The van der Waals surface area contributed by atoms with E-state index in [1.807, 2.05) is 12.3 Å². The SMILES string of the molecule is COc1cc(N(C2CC2)C2CCN(Cc3nnc4c(=O)n(C)ccn34)CC2)ncn1. The van der Waals surface area contributed by atoms with Crippen molar-refractivity contribution in [3.05, 3.63) is 41.0 Å². The first-order chi connectivity index (χ1) is 14.6. The van der Waals surface area contributed by atoms with Crippen LogP contribution in [0.4, 0.5) is 5.82 Å². The molecular weight excluding hydrogens is 384 g/mol. The number of rotatable bonds is 6. The Labute approximate surface area is 174 Å². The molecule has 1 aliphatic carbocycles. The molecule has 158 valence electrons. The molecule has 0 atom stereocenters. The van der Waals surface area contributed by atoms with Gasteiger partial charge >= 0.3 is 0 Å². The van der Waals surface area contributed by atoms with Crippen molar-refractivity contribution in [2.24, 2.45) is 7.05 Å². The van der Waals surface area contributed by atoms with Gasteiger partial charge in [0, 0.05) is 50.7 Å². The topological polar surface area (TPSA) is 93.7 Å². The van der Waals surface area contributed by atoms with Crippen molar-refractivity contribution in [1.82, 2.24) is 34.0 Å². The molecule has 1 saturated heterocycles. The van der Waals surface area contributed by atoms with Crippen LogP contribution in [0.15, 0.2) is 29.6 Å². The van der Waals surface area contributed by atoms with Gasteiger partial charge in [0.2, 0.25) is 11.5 Å². The predicted molar refractivity (Wildman–Crippen MR) is 111 cm³/mol. The van der Waals surface area contributed by atoms with Crippen molar-refractivity contribution >= 4 is 11.5 Å². The Hall–Kier alpha value is -3.01. The molecule has 0 aromatic carbocycles. The molecule has 4 heterocycles. The summed E-state index contributed by atoms with van der Waals surface area (Å²) in [5.74, 6) is 2.37. The minimum absolute atomic E-state index is 0.129. The Kier molecular flexibility index (Phi) is 4.86. The molecule has 5 rings (SSSR count). The molecule has 2 aliphatic rings. The molecule has 0 unspecified atom stereocenters. The average molecular weight is 410 g/mol. The first-order valence-electron chi connectivity index (χ1n) is 10.4. The number of aryl methyl sites for hydroxylation is 1. The molecule has 3 aromatic heterocycles. The van der Waals surface area contributed by atoms with Crippen LogP contribution in [0, 0.1) is 0 Å². The van der Waals surface area contributed by atoms with E-state index in [0.29, 0.717) is 30.2 Å². The molecule has 1 saturated carbocycles. The van der Waals surface area contributed by atoms with E-state index in [2.05, 4.69) is 30.0 Å². The van der Waals surface area contributed by atoms with Gasteiger partial charge in [-0.3, -0.25) is 14.1 Å². The summed E-state index contributed by atoms with van der Waals surface area (Å²) in [4.78, 5) is 25.7. The molecule has 10 nitrogen and oxygen atoms in total. The van der Waals surface area contributed by atoms with Gasteiger partial charge in [-0.25, -0.2) is 9.97 Å². The number of anilines is 1. The zero-order chi connectivity index (χ0) is 20.7. The van der Waals surface area contributed by atoms with Gasteiger partial charge in [0.1, 0.15) is 12.1 Å². The third-order valence-corrected chi connectivity index (χ3v) is 6.07. The number of likely N-dealkylation sites (tertiary alicyclic amines) is 1. The number of hydrogen-bond donors (Lipinski definition) is 0. The van der Waals surface area contributed by atoms with Crippen LogP contribution in [0.5, 0.6) is 5.88 Å². The normalized spacial score (nSPS) is 18.1. The summed E-state index contributed by atoms with van der Waals surface area (Å²) in [5, 5.41) is 8.36. The summed E-state index contributed by atoms with van der Waals surface area (Å²) >= 11 is 0. The molecule has 3 aromatic rings. The van der Waals surface area contributed by atoms with Crippen LogP contribution in [-0.4, -0.2) is 66.3 Å². The fraction of sp³-hybridized carbons (Fsp3) is 0.550. The highest BCUT2D eigenvalue weighted by Crippen LogP contribution is 2.36. The van der Waals surface area contributed by atoms with Crippen molar-refractivity contribution in [2.75, 3.05) is 25.1 Å². The molecular formula is C20H26N8O2. The third kappa shape index (κ3) is 3.51. The van der Waals surface area contributed by atoms with Gasteiger partial charge < -0.3 is 14.2 Å². The summed E-state index contributed by atoms with van der Waals surface area (Å²) in [7, 11) is 3.36. The highest BCUT2D eigenvalue weighted by molar-refractivity contribution is 5.45. The van der Waals surface area contributed by atoms with Crippen LogP contribution in [0.1, 0.15) is 31.5 Å². The third-order valence-electron chi connectivity index (χ3n) is 6.07. The summed E-state index contributed by atoms with van der Waals surface area (Å²) < 4.78 is 8.62. The van der Waals surface area contributed by atoms with Gasteiger partial charge in [-0.15, -0.1) is 10.2 Å². The summed E-state index contributed by atoms with van der Waals surface area (Å²) in [6.07, 6.45) is 9.73. The minimum Gasteiger partial charge on any atom is -0.481 e. The standard InChI is InChI=1S/C20H26N8O2/c1-25-9-10-27-17(23-24-19(27)20(25)29)12-26-7-5-15(6-8-26)28(14-3-4-14)16-11-18(30-2)22-13-21-16/h9-11,13-15H,3-8,12H2,1-2H3. The van der Waals surface area contributed by atoms with Gasteiger partial charge in [0.15, 0.2) is 5.82 Å². The van der Waals surface area contributed by atoms with E-state index in [1.54, 1.807) is 31.1 Å². The number of methoxy groups -OCH3 is 1. The largest absolute Gasteiger partial charge is 0.481 e. The van der Waals surface area contributed by atoms with Crippen LogP contribution in [0.25, 0.3) is 5.65 Å². The Morgan fingerprint density at radius 2 is 1.87 bits per heavy atom. The van der Waals surface area contributed by atoms with Crippen LogP contribution in [0.2, 0.25) is 0 Å². The van der Waals surface area contributed by atoms with Crippen LogP contribution >= 0.6 is 0 Å². The molecule has 0 amide bonds. The number of nitrogens with zero attached hydrogens (tertiary/aromatic N) is 8. The lowest BCUT2D eigenvalue weighted by Crippen LogP contribution is -2.46. The number of ether oxygens (including phenoxy) is 1. The maximum absolute atomic E-state index is 12.2. The van der Waals surface area contributed by atoms with Gasteiger partial charge in [-0.1, -0.05) is 0 Å². The zero-order valence-corrected chi connectivity index (χ0v) is 17.3. The predicted octanol–water partition coefficient (Wildman–Crippen LogP) is 0.860. The van der Waals surface area contributed by atoms with Crippen molar-refractivity contribution in [3.63, 3.8) is 0 Å². The quantitative estimate of drug-likeness (QED) is 0.591. The lowest BCUT2D eigenvalue weighted by Gasteiger charge is -2.39. The van der Waals surface area contributed by atoms with Gasteiger partial charge in [-0.05, 0) is 25.7 Å². The molecule has 30 heavy (non-hydrogen) atoms. The maximum Gasteiger partial charge on any atom is 0.295 e. The second kappa shape index (κ2) is 7.67. The van der Waals surface area contributed by atoms with Crippen molar-refractivity contribution < 1.29 is 4.74 Å². The number of aromatic nitrogens is 6. The van der Waals surface area contributed by atoms with E-state index in [4.69, 9.17) is 4.74 Å². The highest BCUT2D eigenvalue weighted by Gasteiger charge is 2.36. The Balaban J connectivity index is 1.28. The van der Waals surface area contributed by atoms with Crippen molar-refractivity contribution in [2.45, 2.75) is 44.3 Å². The fourth-order valence-electron chi connectivity index (χ4n) is 4.29. The lowest BCUT2D eigenvalue weighted by atomic mass is 10.0. The second-order valence-corrected chi connectivity index (χ2v) is 8.09. The van der Waals surface area contributed by atoms with E-state index in [1.165, 1.54) is 17.4 Å². The van der Waals surface area contributed by atoms with Crippen LogP contribution in [0.3, 0.4) is 0 Å². The number of fused-ring (bicyclic) bond motifs is 1. The van der Waals surface area contributed by atoms with E-state index in [-0.39, 0.29) is 5.56 Å². The monoisotopic (exact) mass is 410 g/mol. The van der Waals surface area contributed by atoms with E-state index in [9.17, 15) is 4.79 Å². The second-order valence-electron chi connectivity index (χ2n) is 8.09. The number of hydrogen-bond acceptors (Lipinski definition) is 8. The van der Waals surface area contributed by atoms with Crippen LogP contribution in [-0.2, 0) is 13.6 Å². The molecule has 0 bridgehead atoms. The molecule has 0 N–H and O–H groups in total. The molecule has 1 aliphatic heterocycles. The molecule has 2 fully saturated rings. The summed E-state index contributed by atoms with van der Waals surface area (Å²) in [6.45, 7) is 2.62. The van der Waals surface area contributed by atoms with Gasteiger partial charge in [-0.2, -0.15) is 0 Å². The first kappa shape index (κ1) is 19.0. The Bertz CT molecular complexity index is 1100. The Morgan fingerprint density at radius 1 is 1.10 bits per heavy atom. The fourth-order valence-corrected chi connectivity index (χ4v) is 4.29. The smallest absolute Gasteiger partial charge is 0.295 e. The summed E-state index contributed by atoms with van der Waals surface area (Å²) in [6, 6.07) is 2.96. The minimum atomic E-state index is -0.129. The van der Waals surface area contributed by atoms with Crippen LogP contribution < -0.4 is 15.2 Å². The Morgan fingerprint density at radius 3 is 2.60 bits per heavy atom.